The maximum absolute atomic E-state index is 13.0. The minimum absolute atomic E-state index is 0.0538. The minimum atomic E-state index is -0.225. The molecular formula is C23H31N5O4S2. The number of carbonyl (C=O) groups excluding carboxylic acids is 3. The van der Waals surface area contributed by atoms with Gasteiger partial charge in [-0.15, -0.1) is 22.7 Å². The summed E-state index contributed by atoms with van der Waals surface area (Å²) in [7, 11) is 0. The number of aromatic nitrogens is 2. The van der Waals surface area contributed by atoms with Crippen molar-refractivity contribution in [2.24, 2.45) is 0 Å². The molecule has 0 atom stereocenters. The van der Waals surface area contributed by atoms with Gasteiger partial charge in [-0.25, -0.2) is 9.97 Å². The maximum atomic E-state index is 13.0. The van der Waals surface area contributed by atoms with Crippen LogP contribution in [0.4, 0.5) is 0 Å². The van der Waals surface area contributed by atoms with E-state index in [9.17, 15) is 14.4 Å². The lowest BCUT2D eigenvalue weighted by molar-refractivity contribution is -0.144. The van der Waals surface area contributed by atoms with Gasteiger partial charge in [-0.05, 0) is 33.6 Å². The van der Waals surface area contributed by atoms with Crippen LogP contribution in [0.25, 0.3) is 0 Å². The first-order valence-electron chi connectivity index (χ1n) is 11.7. The average molecular weight is 506 g/mol. The second-order valence-electron chi connectivity index (χ2n) is 8.66. The summed E-state index contributed by atoms with van der Waals surface area (Å²) in [5, 5.41) is 3.74. The number of likely N-dealkylation sites (tertiary alicyclic amines) is 1. The molecule has 0 radical (unpaired) electrons. The first kappa shape index (κ1) is 24.7. The van der Waals surface area contributed by atoms with Crippen molar-refractivity contribution in [1.82, 2.24) is 24.7 Å². The number of rotatable bonds is 6. The summed E-state index contributed by atoms with van der Waals surface area (Å²) in [6, 6.07) is 0. The van der Waals surface area contributed by atoms with Crippen LogP contribution in [0.2, 0.25) is 0 Å². The summed E-state index contributed by atoms with van der Waals surface area (Å²) in [5.74, 6) is 0.0541. The Balaban J connectivity index is 1.28. The molecule has 4 heterocycles. The number of thiazole rings is 2. The summed E-state index contributed by atoms with van der Waals surface area (Å²) in [4.78, 5) is 53.0. The molecule has 9 nitrogen and oxygen atoms in total. The van der Waals surface area contributed by atoms with Gasteiger partial charge in [0.15, 0.2) is 0 Å². The molecule has 2 aliphatic heterocycles. The van der Waals surface area contributed by atoms with Crippen LogP contribution in [0.5, 0.6) is 0 Å². The number of esters is 1. The largest absolute Gasteiger partial charge is 0.465 e. The molecule has 2 amide bonds. The number of amides is 2. The van der Waals surface area contributed by atoms with Crippen molar-refractivity contribution in [1.29, 1.82) is 0 Å². The monoisotopic (exact) mass is 505 g/mol. The fourth-order valence-corrected chi connectivity index (χ4v) is 6.29. The van der Waals surface area contributed by atoms with Crippen LogP contribution in [-0.4, -0.2) is 94.9 Å². The molecule has 0 aliphatic carbocycles. The summed E-state index contributed by atoms with van der Waals surface area (Å²) < 4.78 is 5.00. The van der Waals surface area contributed by atoms with Crippen LogP contribution >= 0.6 is 22.7 Å². The van der Waals surface area contributed by atoms with E-state index in [1.165, 1.54) is 22.7 Å². The van der Waals surface area contributed by atoms with Crippen molar-refractivity contribution in [3.8, 4) is 0 Å². The fourth-order valence-electron chi connectivity index (χ4n) is 4.44. The highest BCUT2D eigenvalue weighted by Crippen LogP contribution is 2.32. The molecule has 2 fully saturated rings. The summed E-state index contributed by atoms with van der Waals surface area (Å²) in [6.45, 7) is 10.1. The summed E-state index contributed by atoms with van der Waals surface area (Å²) in [6.07, 6.45) is 1.69. The zero-order chi connectivity index (χ0) is 24.2. The van der Waals surface area contributed by atoms with Gasteiger partial charge in [0, 0.05) is 50.6 Å². The molecule has 2 aliphatic rings. The second-order valence-corrected chi connectivity index (χ2v) is 10.8. The quantitative estimate of drug-likeness (QED) is 0.557. The van der Waals surface area contributed by atoms with Gasteiger partial charge in [0.2, 0.25) is 0 Å². The molecule has 4 rings (SSSR count). The van der Waals surface area contributed by atoms with Crippen LogP contribution < -0.4 is 0 Å². The molecule has 34 heavy (non-hydrogen) atoms. The van der Waals surface area contributed by atoms with Gasteiger partial charge < -0.3 is 14.5 Å². The Hall–Kier alpha value is -2.37. The molecular weight excluding hydrogens is 474 g/mol. The van der Waals surface area contributed by atoms with Crippen molar-refractivity contribution in [3.63, 3.8) is 0 Å². The lowest BCUT2D eigenvalue weighted by atomic mass is 9.97. The highest BCUT2D eigenvalue weighted by Gasteiger charge is 2.30. The highest BCUT2D eigenvalue weighted by molar-refractivity contribution is 7.13. The molecule has 0 spiro atoms. The standard InChI is InChI=1S/C23H31N5O4S2/c1-4-32-19(29)13-26-9-11-28(12-10-26)22(30)18-14-33-21(25-18)17-5-7-27(8-6-17)23(31)20-15(2)24-16(3)34-20/h14,17H,4-13H2,1-3H3. The summed E-state index contributed by atoms with van der Waals surface area (Å²) >= 11 is 2.99. The lowest BCUT2D eigenvalue weighted by Gasteiger charge is -2.33. The molecule has 184 valence electrons. The fraction of sp³-hybridized carbons (Fsp3) is 0.609. The Morgan fingerprint density at radius 2 is 1.68 bits per heavy atom. The molecule has 0 unspecified atom stereocenters. The van der Waals surface area contributed by atoms with Crippen LogP contribution in [0.1, 0.15) is 61.6 Å². The van der Waals surface area contributed by atoms with E-state index in [0.717, 1.165) is 33.4 Å². The summed E-state index contributed by atoms with van der Waals surface area (Å²) in [5.41, 5.74) is 1.30. The van der Waals surface area contributed by atoms with E-state index in [1.807, 2.05) is 29.0 Å². The molecule has 0 aromatic carbocycles. The molecule has 2 saturated heterocycles. The van der Waals surface area contributed by atoms with E-state index in [1.54, 1.807) is 11.8 Å². The Morgan fingerprint density at radius 3 is 2.29 bits per heavy atom. The van der Waals surface area contributed by atoms with Gasteiger partial charge in [-0.2, -0.15) is 0 Å². The zero-order valence-electron chi connectivity index (χ0n) is 19.9. The first-order chi connectivity index (χ1) is 16.4. The van der Waals surface area contributed by atoms with E-state index >= 15 is 0 Å². The number of ether oxygens (including phenoxy) is 1. The first-order valence-corrected chi connectivity index (χ1v) is 13.4. The maximum Gasteiger partial charge on any atom is 0.320 e. The predicted octanol–water partition coefficient (Wildman–Crippen LogP) is 2.56. The Labute approximate surface area is 207 Å². The number of piperidine rings is 1. The number of hydrogen-bond donors (Lipinski definition) is 0. The van der Waals surface area contributed by atoms with Crippen molar-refractivity contribution < 1.29 is 19.1 Å². The van der Waals surface area contributed by atoms with E-state index in [-0.39, 0.29) is 30.2 Å². The lowest BCUT2D eigenvalue weighted by Crippen LogP contribution is -2.50. The Morgan fingerprint density at radius 1 is 1.00 bits per heavy atom. The third-order valence-corrected chi connectivity index (χ3v) is 8.36. The molecule has 0 bridgehead atoms. The highest BCUT2D eigenvalue weighted by atomic mass is 32.1. The average Bonchev–Trinajstić information content (AvgIpc) is 3.45. The number of piperazine rings is 1. The SMILES string of the molecule is CCOC(=O)CN1CCN(C(=O)c2csc(C3CCN(C(=O)c4sc(C)nc4C)CC3)n2)CC1. The molecule has 11 heteroatoms. The van der Waals surface area contributed by atoms with E-state index in [0.29, 0.717) is 51.6 Å². The number of carbonyl (C=O) groups is 3. The van der Waals surface area contributed by atoms with Crippen molar-refractivity contribution >= 4 is 40.5 Å². The van der Waals surface area contributed by atoms with Gasteiger partial charge in [0.05, 0.1) is 28.9 Å². The van der Waals surface area contributed by atoms with Crippen molar-refractivity contribution in [2.45, 2.75) is 39.5 Å². The van der Waals surface area contributed by atoms with Crippen LogP contribution in [-0.2, 0) is 9.53 Å². The van der Waals surface area contributed by atoms with E-state index in [4.69, 9.17) is 4.74 Å². The zero-order valence-corrected chi connectivity index (χ0v) is 21.5. The van der Waals surface area contributed by atoms with E-state index < -0.39 is 0 Å². The van der Waals surface area contributed by atoms with Crippen LogP contribution in [0.3, 0.4) is 0 Å². The van der Waals surface area contributed by atoms with Gasteiger partial charge >= 0.3 is 5.97 Å². The molecule has 2 aromatic rings. The normalized spacial score (nSPS) is 17.7. The Bertz CT molecular complexity index is 1040. The predicted molar refractivity (Wildman–Crippen MR) is 131 cm³/mol. The van der Waals surface area contributed by atoms with Crippen molar-refractivity contribution in [2.75, 3.05) is 52.4 Å². The smallest absolute Gasteiger partial charge is 0.320 e. The van der Waals surface area contributed by atoms with Gasteiger partial charge in [-0.1, -0.05) is 0 Å². The Kier molecular flexibility index (Phi) is 7.95. The van der Waals surface area contributed by atoms with E-state index in [2.05, 4.69) is 9.97 Å². The van der Waals surface area contributed by atoms with Gasteiger partial charge in [0.25, 0.3) is 11.8 Å². The van der Waals surface area contributed by atoms with Crippen LogP contribution in [0, 0.1) is 13.8 Å². The third kappa shape index (κ3) is 5.64. The second kappa shape index (κ2) is 10.9. The number of aryl methyl sites for hydroxylation is 2. The third-order valence-electron chi connectivity index (χ3n) is 6.29. The van der Waals surface area contributed by atoms with Gasteiger partial charge in [-0.3, -0.25) is 19.3 Å². The van der Waals surface area contributed by atoms with Crippen molar-refractivity contribution in [3.05, 3.63) is 31.7 Å². The van der Waals surface area contributed by atoms with Crippen LogP contribution in [0.15, 0.2) is 5.38 Å². The van der Waals surface area contributed by atoms with Gasteiger partial charge in [0.1, 0.15) is 10.6 Å². The topological polar surface area (TPSA) is 95.9 Å². The molecule has 2 aromatic heterocycles. The number of hydrogen-bond acceptors (Lipinski definition) is 9. The minimum Gasteiger partial charge on any atom is -0.465 e. The molecule has 0 N–H and O–H groups in total. The number of nitrogens with zero attached hydrogens (tertiary/aromatic N) is 5. The molecule has 0 saturated carbocycles.